The van der Waals surface area contributed by atoms with Gasteiger partial charge < -0.3 is 5.73 Å². The van der Waals surface area contributed by atoms with Crippen LogP contribution in [-0.2, 0) is 5.75 Å². The summed E-state index contributed by atoms with van der Waals surface area (Å²) in [6.07, 6.45) is 0. The van der Waals surface area contributed by atoms with Gasteiger partial charge >= 0.3 is 0 Å². The van der Waals surface area contributed by atoms with Crippen LogP contribution >= 0.6 is 11.8 Å². The van der Waals surface area contributed by atoms with Gasteiger partial charge in [0.15, 0.2) is 5.16 Å². The van der Waals surface area contributed by atoms with Crippen molar-refractivity contribution < 1.29 is 0 Å². The normalized spacial score (nSPS) is 10.8. The van der Waals surface area contributed by atoms with E-state index >= 15 is 0 Å². The highest BCUT2D eigenvalue weighted by molar-refractivity contribution is 7.98. The summed E-state index contributed by atoms with van der Waals surface area (Å²) in [5.74, 6) is 1.22. The van der Waals surface area contributed by atoms with E-state index in [1.54, 1.807) is 11.8 Å². The van der Waals surface area contributed by atoms with E-state index < -0.39 is 0 Å². The van der Waals surface area contributed by atoms with Crippen LogP contribution < -0.4 is 5.73 Å². The largest absolute Gasteiger partial charge is 0.368 e. The predicted molar refractivity (Wildman–Crippen MR) is 80.3 cm³/mol. The van der Waals surface area contributed by atoms with Gasteiger partial charge in [0.1, 0.15) is 0 Å². The van der Waals surface area contributed by atoms with Crippen LogP contribution in [0.15, 0.2) is 23.4 Å². The number of aromatic nitrogens is 3. The maximum absolute atomic E-state index is 8.87. The van der Waals surface area contributed by atoms with Crippen LogP contribution in [0.4, 0.5) is 5.95 Å². The molecule has 0 spiro atoms. The molecule has 1 aromatic heterocycles. The zero-order chi connectivity index (χ0) is 14.7. The topological polar surface area (TPSA) is 80.5 Å². The van der Waals surface area contributed by atoms with Gasteiger partial charge in [0.05, 0.1) is 11.6 Å². The van der Waals surface area contributed by atoms with Crippen molar-refractivity contribution in [1.82, 2.24) is 14.8 Å². The van der Waals surface area contributed by atoms with Crippen LogP contribution in [0.2, 0.25) is 0 Å². The first-order valence-corrected chi connectivity index (χ1v) is 7.34. The average Bonchev–Trinajstić information content (AvgIpc) is 2.78. The molecule has 20 heavy (non-hydrogen) atoms. The molecule has 0 atom stereocenters. The molecule has 2 rings (SSSR count). The molecular formula is C14H17N5S. The highest BCUT2D eigenvalue weighted by atomic mass is 32.2. The smallest absolute Gasteiger partial charge is 0.222 e. The van der Waals surface area contributed by atoms with Crippen molar-refractivity contribution in [3.8, 4) is 6.07 Å². The van der Waals surface area contributed by atoms with E-state index in [2.05, 4.69) is 30.1 Å². The molecule has 0 aliphatic heterocycles. The van der Waals surface area contributed by atoms with Gasteiger partial charge in [-0.05, 0) is 44.0 Å². The molecule has 0 saturated heterocycles. The molecule has 2 N–H and O–H groups in total. The minimum atomic E-state index is 0.231. The number of hydrogen-bond acceptors (Lipinski definition) is 5. The first-order chi connectivity index (χ1) is 9.52. The minimum Gasteiger partial charge on any atom is -0.368 e. The lowest BCUT2D eigenvalue weighted by atomic mass is 10.1. The van der Waals surface area contributed by atoms with Crippen molar-refractivity contribution in [2.75, 3.05) is 5.73 Å². The van der Waals surface area contributed by atoms with E-state index in [4.69, 9.17) is 11.0 Å². The fraction of sp³-hybridized carbons (Fsp3) is 0.357. The standard InChI is InChI=1S/C14H17N5S/c1-9(2)19-13(16)17-18-14(19)20-8-12-5-4-11(7-15)6-10(12)3/h4-6,9H,8H2,1-3H3,(H2,16,17). The number of nitrogens with zero attached hydrogens (tertiary/aromatic N) is 4. The lowest BCUT2D eigenvalue weighted by Crippen LogP contribution is -2.07. The molecule has 2 aromatic rings. The number of benzene rings is 1. The molecule has 1 aromatic carbocycles. The van der Waals surface area contributed by atoms with Crippen LogP contribution in [-0.4, -0.2) is 14.8 Å². The van der Waals surface area contributed by atoms with Gasteiger partial charge in [0, 0.05) is 11.8 Å². The summed E-state index contributed by atoms with van der Waals surface area (Å²) in [6.45, 7) is 6.12. The van der Waals surface area contributed by atoms with E-state index in [1.165, 1.54) is 5.56 Å². The van der Waals surface area contributed by atoms with Gasteiger partial charge in [0.2, 0.25) is 5.95 Å². The highest BCUT2D eigenvalue weighted by Gasteiger charge is 2.13. The number of nitrogens with two attached hydrogens (primary N) is 1. The van der Waals surface area contributed by atoms with Crippen LogP contribution in [0.1, 0.15) is 36.6 Å². The van der Waals surface area contributed by atoms with Gasteiger partial charge in [-0.1, -0.05) is 17.8 Å². The Balaban J connectivity index is 2.16. The fourth-order valence-electron chi connectivity index (χ4n) is 1.94. The van der Waals surface area contributed by atoms with Gasteiger partial charge in [-0.3, -0.25) is 4.57 Å². The number of thioether (sulfide) groups is 1. The van der Waals surface area contributed by atoms with Crippen LogP contribution in [0.5, 0.6) is 0 Å². The molecule has 0 fully saturated rings. The molecule has 0 amide bonds. The SMILES string of the molecule is Cc1cc(C#N)ccc1CSc1nnc(N)n1C(C)C. The Kier molecular flexibility index (Phi) is 4.30. The van der Waals surface area contributed by atoms with Gasteiger partial charge in [0.25, 0.3) is 0 Å². The Bertz CT molecular complexity index is 654. The van der Waals surface area contributed by atoms with Crippen LogP contribution in [0.25, 0.3) is 0 Å². The van der Waals surface area contributed by atoms with E-state index in [-0.39, 0.29) is 6.04 Å². The molecule has 0 saturated carbocycles. The van der Waals surface area contributed by atoms with Gasteiger partial charge in [-0.15, -0.1) is 10.2 Å². The molecule has 1 heterocycles. The van der Waals surface area contributed by atoms with Crippen molar-refractivity contribution in [3.63, 3.8) is 0 Å². The molecule has 5 nitrogen and oxygen atoms in total. The summed E-state index contributed by atoms with van der Waals surface area (Å²) >= 11 is 1.60. The maximum Gasteiger partial charge on any atom is 0.222 e. The van der Waals surface area contributed by atoms with Gasteiger partial charge in [-0.2, -0.15) is 5.26 Å². The second kappa shape index (κ2) is 5.97. The number of rotatable bonds is 4. The molecule has 0 bridgehead atoms. The lowest BCUT2D eigenvalue weighted by Gasteiger charge is -2.11. The summed E-state index contributed by atoms with van der Waals surface area (Å²) in [5, 5.41) is 17.7. The van der Waals surface area contributed by atoms with E-state index in [0.29, 0.717) is 11.5 Å². The van der Waals surface area contributed by atoms with Crippen molar-refractivity contribution in [2.45, 2.75) is 37.7 Å². The monoisotopic (exact) mass is 287 g/mol. The van der Waals surface area contributed by atoms with Crippen molar-refractivity contribution in [1.29, 1.82) is 5.26 Å². The van der Waals surface area contributed by atoms with Crippen molar-refractivity contribution in [2.24, 2.45) is 0 Å². The Labute approximate surface area is 122 Å². The zero-order valence-corrected chi connectivity index (χ0v) is 12.6. The third-order valence-corrected chi connectivity index (χ3v) is 4.03. The van der Waals surface area contributed by atoms with Crippen molar-refractivity contribution >= 4 is 17.7 Å². The Morgan fingerprint density at radius 3 is 2.75 bits per heavy atom. The number of anilines is 1. The molecule has 6 heteroatoms. The predicted octanol–water partition coefficient (Wildman–Crippen LogP) is 2.91. The average molecular weight is 287 g/mol. The zero-order valence-electron chi connectivity index (χ0n) is 11.8. The lowest BCUT2D eigenvalue weighted by molar-refractivity contribution is 0.557. The number of hydrogen-bond donors (Lipinski definition) is 1. The quantitative estimate of drug-likeness (QED) is 0.874. The van der Waals surface area contributed by atoms with E-state index in [1.807, 2.05) is 29.7 Å². The second-order valence-corrected chi connectivity index (χ2v) is 5.79. The Morgan fingerprint density at radius 2 is 2.15 bits per heavy atom. The van der Waals surface area contributed by atoms with Crippen LogP contribution in [0.3, 0.4) is 0 Å². The highest BCUT2D eigenvalue weighted by Crippen LogP contribution is 2.27. The number of aryl methyl sites for hydroxylation is 1. The first-order valence-electron chi connectivity index (χ1n) is 6.35. The van der Waals surface area contributed by atoms with Crippen molar-refractivity contribution in [3.05, 3.63) is 34.9 Å². The van der Waals surface area contributed by atoms with E-state index in [9.17, 15) is 0 Å². The summed E-state index contributed by atoms with van der Waals surface area (Å²) in [4.78, 5) is 0. The van der Waals surface area contributed by atoms with Gasteiger partial charge in [-0.25, -0.2) is 0 Å². The third-order valence-electron chi connectivity index (χ3n) is 3.04. The molecule has 0 radical (unpaired) electrons. The Morgan fingerprint density at radius 1 is 1.40 bits per heavy atom. The third kappa shape index (κ3) is 2.94. The molecule has 104 valence electrons. The molecule has 0 unspecified atom stereocenters. The fourth-order valence-corrected chi connectivity index (χ4v) is 3.09. The molecular weight excluding hydrogens is 270 g/mol. The van der Waals surface area contributed by atoms with Crippen LogP contribution in [0, 0.1) is 18.3 Å². The first kappa shape index (κ1) is 14.4. The summed E-state index contributed by atoms with van der Waals surface area (Å²) in [7, 11) is 0. The summed E-state index contributed by atoms with van der Waals surface area (Å²) in [5.41, 5.74) is 8.80. The second-order valence-electron chi connectivity index (χ2n) is 4.85. The molecule has 0 aliphatic rings. The minimum absolute atomic E-state index is 0.231. The summed E-state index contributed by atoms with van der Waals surface area (Å²) in [6, 6.07) is 8.10. The number of nitriles is 1. The maximum atomic E-state index is 8.87. The number of nitrogen functional groups attached to an aromatic ring is 1. The van der Waals surface area contributed by atoms with E-state index in [0.717, 1.165) is 16.5 Å². The summed E-state index contributed by atoms with van der Waals surface area (Å²) < 4.78 is 1.92. The molecule has 0 aliphatic carbocycles. The Hall–Kier alpha value is -2.00.